The van der Waals surface area contributed by atoms with Crippen molar-refractivity contribution in [2.45, 2.75) is 12.8 Å². The highest BCUT2D eigenvalue weighted by atomic mass is 35.5. The predicted molar refractivity (Wildman–Crippen MR) is 82.5 cm³/mol. The Balaban J connectivity index is 1.85. The average Bonchev–Trinajstić information content (AvgIpc) is 3.14. The van der Waals surface area contributed by atoms with Crippen molar-refractivity contribution in [1.82, 2.24) is 10.1 Å². The van der Waals surface area contributed by atoms with E-state index in [0.29, 0.717) is 17.3 Å². The molecular weight excluding hydrogens is 320 g/mol. The number of carbonyl (C=O) groups excluding carboxylic acids is 1. The number of aromatic nitrogens is 1. The van der Waals surface area contributed by atoms with Crippen molar-refractivity contribution in [3.05, 3.63) is 52.4 Å². The SMILES string of the molecule is Cc1cc(C(=O)N2C[C@@H](C(=O)O)[C@H](c3ccc(Cl)cc3)C2)on1. The molecule has 1 aliphatic rings. The van der Waals surface area contributed by atoms with Crippen LogP contribution in [0.25, 0.3) is 0 Å². The van der Waals surface area contributed by atoms with Gasteiger partial charge in [0.1, 0.15) is 0 Å². The lowest BCUT2D eigenvalue weighted by Gasteiger charge is -2.15. The van der Waals surface area contributed by atoms with E-state index < -0.39 is 11.9 Å². The van der Waals surface area contributed by atoms with Crippen LogP contribution in [0.15, 0.2) is 34.9 Å². The van der Waals surface area contributed by atoms with Crippen LogP contribution in [0.3, 0.4) is 0 Å². The standard InChI is InChI=1S/C16H15ClN2O4/c1-9-6-14(23-18-9)15(20)19-7-12(13(8-19)16(21)22)10-2-4-11(17)5-3-10/h2-6,12-13H,7-8H2,1H3,(H,21,22)/t12-,13+/m0/s1. The number of halogens is 1. The molecule has 1 amide bonds. The van der Waals surface area contributed by atoms with Gasteiger partial charge in [0.2, 0.25) is 5.76 Å². The van der Waals surface area contributed by atoms with Crippen LogP contribution in [0.5, 0.6) is 0 Å². The number of aryl methyl sites for hydroxylation is 1. The van der Waals surface area contributed by atoms with Gasteiger partial charge in [-0.3, -0.25) is 9.59 Å². The molecule has 1 fully saturated rings. The summed E-state index contributed by atoms with van der Waals surface area (Å²) >= 11 is 5.88. The molecule has 7 heteroatoms. The van der Waals surface area contributed by atoms with Gasteiger partial charge in [-0.15, -0.1) is 0 Å². The number of amides is 1. The minimum atomic E-state index is -0.922. The van der Waals surface area contributed by atoms with Crippen LogP contribution in [0, 0.1) is 12.8 Å². The van der Waals surface area contributed by atoms with E-state index in [2.05, 4.69) is 5.16 Å². The first-order valence-corrected chi connectivity index (χ1v) is 7.54. The molecule has 23 heavy (non-hydrogen) atoms. The van der Waals surface area contributed by atoms with Crippen molar-refractivity contribution in [2.75, 3.05) is 13.1 Å². The van der Waals surface area contributed by atoms with Crippen LogP contribution in [0.2, 0.25) is 5.02 Å². The third kappa shape index (κ3) is 3.07. The van der Waals surface area contributed by atoms with E-state index >= 15 is 0 Å². The van der Waals surface area contributed by atoms with Crippen molar-refractivity contribution in [3.63, 3.8) is 0 Å². The lowest BCUT2D eigenvalue weighted by atomic mass is 9.89. The molecule has 2 atom stereocenters. The summed E-state index contributed by atoms with van der Waals surface area (Å²) in [5, 5.41) is 13.8. The number of carboxylic acid groups (broad SMARTS) is 1. The molecule has 0 spiro atoms. The summed E-state index contributed by atoms with van der Waals surface area (Å²) in [5.74, 6) is -2.08. The van der Waals surface area contributed by atoms with E-state index in [1.807, 2.05) is 0 Å². The first kappa shape index (κ1) is 15.6. The van der Waals surface area contributed by atoms with Crippen LogP contribution in [0.4, 0.5) is 0 Å². The maximum absolute atomic E-state index is 12.4. The number of aliphatic carboxylic acids is 1. The molecule has 1 aliphatic heterocycles. The highest BCUT2D eigenvalue weighted by molar-refractivity contribution is 6.30. The van der Waals surface area contributed by atoms with Crippen molar-refractivity contribution >= 4 is 23.5 Å². The average molecular weight is 335 g/mol. The Morgan fingerprint density at radius 3 is 2.57 bits per heavy atom. The topological polar surface area (TPSA) is 83.6 Å². The minimum absolute atomic E-state index is 0.128. The van der Waals surface area contributed by atoms with Gasteiger partial charge in [0.05, 0.1) is 11.6 Å². The summed E-state index contributed by atoms with van der Waals surface area (Å²) in [7, 11) is 0. The smallest absolute Gasteiger partial charge is 0.308 e. The summed E-state index contributed by atoms with van der Waals surface area (Å²) in [6.07, 6.45) is 0. The maximum atomic E-state index is 12.4. The van der Waals surface area contributed by atoms with E-state index in [9.17, 15) is 14.7 Å². The van der Waals surface area contributed by atoms with E-state index in [1.165, 1.54) is 4.90 Å². The summed E-state index contributed by atoms with van der Waals surface area (Å²) < 4.78 is 4.98. The summed E-state index contributed by atoms with van der Waals surface area (Å²) in [6.45, 7) is 2.18. The van der Waals surface area contributed by atoms with Crippen molar-refractivity contribution < 1.29 is 19.2 Å². The fourth-order valence-electron chi connectivity index (χ4n) is 2.89. The van der Waals surface area contributed by atoms with Gasteiger partial charge in [-0.1, -0.05) is 28.9 Å². The maximum Gasteiger partial charge on any atom is 0.308 e. The van der Waals surface area contributed by atoms with Crippen LogP contribution in [-0.2, 0) is 4.79 Å². The number of rotatable bonds is 3. The summed E-state index contributed by atoms with van der Waals surface area (Å²) in [5.41, 5.74) is 1.46. The van der Waals surface area contributed by atoms with E-state index in [4.69, 9.17) is 16.1 Å². The van der Waals surface area contributed by atoms with E-state index in [-0.39, 0.29) is 24.1 Å². The Morgan fingerprint density at radius 1 is 1.30 bits per heavy atom. The van der Waals surface area contributed by atoms with Crippen molar-refractivity contribution in [3.8, 4) is 0 Å². The van der Waals surface area contributed by atoms with Gasteiger partial charge >= 0.3 is 5.97 Å². The molecule has 1 N–H and O–H groups in total. The molecule has 0 bridgehead atoms. The Hall–Kier alpha value is -2.34. The first-order chi connectivity index (χ1) is 11.0. The molecule has 1 aromatic carbocycles. The second kappa shape index (κ2) is 6.04. The monoisotopic (exact) mass is 334 g/mol. The molecule has 0 radical (unpaired) electrons. The predicted octanol–water partition coefficient (Wildman–Crippen LogP) is 2.58. The van der Waals surface area contributed by atoms with E-state index in [1.54, 1.807) is 37.3 Å². The number of benzene rings is 1. The Morgan fingerprint density at radius 2 is 2.00 bits per heavy atom. The molecule has 120 valence electrons. The highest BCUT2D eigenvalue weighted by Gasteiger charge is 2.41. The van der Waals surface area contributed by atoms with Gasteiger partial charge in [-0.2, -0.15) is 0 Å². The van der Waals surface area contributed by atoms with E-state index in [0.717, 1.165) is 5.56 Å². The molecular formula is C16H15ClN2O4. The molecule has 6 nitrogen and oxygen atoms in total. The highest BCUT2D eigenvalue weighted by Crippen LogP contribution is 2.34. The zero-order valence-electron chi connectivity index (χ0n) is 12.4. The van der Waals surface area contributed by atoms with Crippen LogP contribution in [0.1, 0.15) is 27.7 Å². The van der Waals surface area contributed by atoms with Gasteiger partial charge in [0.15, 0.2) is 0 Å². The first-order valence-electron chi connectivity index (χ1n) is 7.16. The number of carbonyl (C=O) groups is 2. The number of carboxylic acids is 1. The van der Waals surface area contributed by atoms with Crippen molar-refractivity contribution in [1.29, 1.82) is 0 Å². The molecule has 0 saturated carbocycles. The van der Waals surface area contributed by atoms with Gasteiger partial charge in [-0.25, -0.2) is 0 Å². The van der Waals surface area contributed by atoms with Crippen LogP contribution < -0.4 is 0 Å². The fraction of sp³-hybridized carbons (Fsp3) is 0.312. The van der Waals surface area contributed by atoms with Crippen molar-refractivity contribution in [2.24, 2.45) is 5.92 Å². The second-order valence-corrected chi connectivity index (χ2v) is 6.08. The van der Waals surface area contributed by atoms with Gasteiger partial charge in [-0.05, 0) is 24.6 Å². The Kier molecular flexibility index (Phi) is 4.09. The third-order valence-electron chi connectivity index (χ3n) is 4.06. The second-order valence-electron chi connectivity index (χ2n) is 5.65. The van der Waals surface area contributed by atoms with Gasteiger partial charge in [0.25, 0.3) is 5.91 Å². The molecule has 2 heterocycles. The minimum Gasteiger partial charge on any atom is -0.481 e. The lowest BCUT2D eigenvalue weighted by molar-refractivity contribution is -0.141. The Labute approximate surface area is 137 Å². The zero-order valence-corrected chi connectivity index (χ0v) is 13.2. The number of likely N-dealkylation sites (tertiary alicyclic amines) is 1. The quantitative estimate of drug-likeness (QED) is 0.932. The molecule has 0 unspecified atom stereocenters. The molecule has 1 saturated heterocycles. The number of hydrogen-bond donors (Lipinski definition) is 1. The number of nitrogens with zero attached hydrogens (tertiary/aromatic N) is 2. The zero-order chi connectivity index (χ0) is 16.6. The molecule has 2 aromatic rings. The van der Waals surface area contributed by atoms with Crippen LogP contribution >= 0.6 is 11.6 Å². The third-order valence-corrected chi connectivity index (χ3v) is 4.31. The normalized spacial score (nSPS) is 20.7. The Bertz CT molecular complexity index is 741. The summed E-state index contributed by atoms with van der Waals surface area (Å²) in [4.78, 5) is 25.5. The molecule has 3 rings (SSSR count). The van der Waals surface area contributed by atoms with Gasteiger partial charge < -0.3 is 14.5 Å². The molecule has 0 aliphatic carbocycles. The fourth-order valence-corrected chi connectivity index (χ4v) is 3.01. The number of hydrogen-bond acceptors (Lipinski definition) is 4. The largest absolute Gasteiger partial charge is 0.481 e. The lowest BCUT2D eigenvalue weighted by Crippen LogP contribution is -2.29. The van der Waals surface area contributed by atoms with Crippen LogP contribution in [-0.4, -0.2) is 40.1 Å². The van der Waals surface area contributed by atoms with Gasteiger partial charge in [0, 0.05) is 30.1 Å². The summed E-state index contributed by atoms with van der Waals surface area (Å²) in [6, 6.07) is 8.60. The molecule has 1 aromatic heterocycles.